The van der Waals surface area contributed by atoms with Crippen LogP contribution in [0.4, 0.5) is 13.2 Å². The molecule has 7 nitrogen and oxygen atoms in total. The summed E-state index contributed by atoms with van der Waals surface area (Å²) in [5, 5.41) is 13.1. The van der Waals surface area contributed by atoms with Crippen molar-refractivity contribution in [3.05, 3.63) is 35.8 Å². The summed E-state index contributed by atoms with van der Waals surface area (Å²) in [5.41, 5.74) is -0.800. The van der Waals surface area contributed by atoms with Crippen molar-refractivity contribution in [2.24, 2.45) is 0 Å². The van der Waals surface area contributed by atoms with Gasteiger partial charge in [-0.15, -0.1) is 5.10 Å². The van der Waals surface area contributed by atoms with Gasteiger partial charge in [0.05, 0.1) is 11.8 Å². The van der Waals surface area contributed by atoms with E-state index in [1.807, 2.05) is 6.92 Å². The molecule has 0 aromatic carbocycles. The standard InChI is InChI=1S/C13H15F3N6O/c1-2-17-5-6-18-12(23)10-8-22(21-20-10)11-4-3-9(7-19-11)13(14,15)16/h3-4,7-8,17H,2,5-6H2,1H3,(H,18,23). The van der Waals surface area contributed by atoms with Crippen molar-refractivity contribution in [1.82, 2.24) is 30.6 Å². The van der Waals surface area contributed by atoms with Crippen LogP contribution in [0, 0.1) is 0 Å². The number of amides is 1. The van der Waals surface area contributed by atoms with E-state index in [4.69, 9.17) is 0 Å². The lowest BCUT2D eigenvalue weighted by Crippen LogP contribution is -2.31. The van der Waals surface area contributed by atoms with Crippen LogP contribution in [0.3, 0.4) is 0 Å². The molecule has 1 amide bonds. The fourth-order valence-corrected chi connectivity index (χ4v) is 1.70. The first-order valence-corrected chi connectivity index (χ1v) is 6.86. The van der Waals surface area contributed by atoms with E-state index in [1.165, 1.54) is 6.20 Å². The molecule has 2 rings (SSSR count). The Labute approximate surface area is 129 Å². The van der Waals surface area contributed by atoms with Gasteiger partial charge in [0, 0.05) is 19.3 Å². The summed E-state index contributed by atoms with van der Waals surface area (Å²) in [7, 11) is 0. The second-order valence-corrected chi connectivity index (χ2v) is 4.56. The molecule has 0 fully saturated rings. The number of hydrogen-bond donors (Lipinski definition) is 2. The van der Waals surface area contributed by atoms with Crippen molar-refractivity contribution in [3.63, 3.8) is 0 Å². The molecule has 0 bridgehead atoms. The van der Waals surface area contributed by atoms with E-state index in [1.54, 1.807) is 0 Å². The van der Waals surface area contributed by atoms with E-state index in [-0.39, 0.29) is 11.5 Å². The summed E-state index contributed by atoms with van der Waals surface area (Å²) in [5.74, 6) is -0.279. The molecule has 0 unspecified atom stereocenters. The Hall–Kier alpha value is -2.49. The summed E-state index contributed by atoms with van der Waals surface area (Å²) in [6.07, 6.45) is -2.45. The lowest BCUT2D eigenvalue weighted by Gasteiger charge is -2.06. The topological polar surface area (TPSA) is 84.7 Å². The first-order valence-electron chi connectivity index (χ1n) is 6.86. The Bertz CT molecular complexity index is 652. The van der Waals surface area contributed by atoms with E-state index >= 15 is 0 Å². The highest BCUT2D eigenvalue weighted by Gasteiger charge is 2.30. The van der Waals surface area contributed by atoms with E-state index in [9.17, 15) is 18.0 Å². The van der Waals surface area contributed by atoms with E-state index in [0.29, 0.717) is 19.3 Å². The maximum atomic E-state index is 12.5. The maximum Gasteiger partial charge on any atom is 0.417 e. The lowest BCUT2D eigenvalue weighted by atomic mass is 10.3. The van der Waals surface area contributed by atoms with Crippen LogP contribution in [-0.4, -0.2) is 45.5 Å². The molecule has 2 aromatic rings. The molecule has 2 aromatic heterocycles. The van der Waals surface area contributed by atoms with Gasteiger partial charge in [0.15, 0.2) is 11.5 Å². The third-order valence-corrected chi connectivity index (χ3v) is 2.87. The molecule has 0 aliphatic rings. The van der Waals surface area contributed by atoms with Gasteiger partial charge in [0.2, 0.25) is 0 Å². The molecule has 10 heteroatoms. The number of nitrogens with one attached hydrogen (secondary N) is 2. The zero-order valence-electron chi connectivity index (χ0n) is 12.3. The Morgan fingerprint density at radius 1 is 1.30 bits per heavy atom. The number of rotatable bonds is 6. The van der Waals surface area contributed by atoms with Gasteiger partial charge in [-0.05, 0) is 18.7 Å². The Kier molecular flexibility index (Phi) is 5.27. The molecule has 0 aliphatic heterocycles. The number of carbonyl (C=O) groups is 1. The van der Waals surface area contributed by atoms with Crippen molar-refractivity contribution in [3.8, 4) is 5.82 Å². The lowest BCUT2D eigenvalue weighted by molar-refractivity contribution is -0.137. The molecular formula is C13H15F3N6O. The predicted molar refractivity (Wildman–Crippen MR) is 75.0 cm³/mol. The predicted octanol–water partition coefficient (Wildman–Crippen LogP) is 1.02. The van der Waals surface area contributed by atoms with Gasteiger partial charge in [-0.1, -0.05) is 12.1 Å². The first-order chi connectivity index (χ1) is 10.9. The Morgan fingerprint density at radius 3 is 2.70 bits per heavy atom. The highest BCUT2D eigenvalue weighted by Crippen LogP contribution is 2.28. The van der Waals surface area contributed by atoms with Gasteiger partial charge in [-0.3, -0.25) is 4.79 Å². The van der Waals surface area contributed by atoms with Crippen molar-refractivity contribution in [2.45, 2.75) is 13.1 Å². The normalized spacial score (nSPS) is 11.5. The molecule has 0 saturated carbocycles. The Balaban J connectivity index is 2.02. The summed E-state index contributed by atoms with van der Waals surface area (Å²) in [6.45, 7) is 3.80. The van der Waals surface area contributed by atoms with Crippen LogP contribution in [0.2, 0.25) is 0 Å². The quantitative estimate of drug-likeness (QED) is 0.774. The molecule has 2 heterocycles. The molecule has 2 N–H and O–H groups in total. The SMILES string of the molecule is CCNCCNC(=O)c1cn(-c2ccc(C(F)(F)F)cn2)nn1. The maximum absolute atomic E-state index is 12.5. The number of alkyl halides is 3. The minimum Gasteiger partial charge on any atom is -0.349 e. The van der Waals surface area contributed by atoms with E-state index in [2.05, 4.69) is 25.9 Å². The fraction of sp³-hybridized carbons (Fsp3) is 0.385. The zero-order valence-corrected chi connectivity index (χ0v) is 12.3. The largest absolute Gasteiger partial charge is 0.417 e. The van der Waals surface area contributed by atoms with Crippen LogP contribution in [-0.2, 0) is 6.18 Å². The molecule has 23 heavy (non-hydrogen) atoms. The van der Waals surface area contributed by atoms with Gasteiger partial charge in [-0.25, -0.2) is 9.67 Å². The van der Waals surface area contributed by atoms with E-state index < -0.39 is 17.6 Å². The van der Waals surface area contributed by atoms with Crippen LogP contribution in [0.1, 0.15) is 23.0 Å². The number of hydrogen-bond acceptors (Lipinski definition) is 5. The van der Waals surface area contributed by atoms with Crippen molar-refractivity contribution >= 4 is 5.91 Å². The zero-order chi connectivity index (χ0) is 16.9. The van der Waals surface area contributed by atoms with Crippen LogP contribution in [0.15, 0.2) is 24.5 Å². The number of carbonyl (C=O) groups excluding carboxylic acids is 1. The fourth-order valence-electron chi connectivity index (χ4n) is 1.70. The molecule has 0 spiro atoms. The summed E-state index contributed by atoms with van der Waals surface area (Å²) < 4.78 is 38.6. The van der Waals surface area contributed by atoms with E-state index in [0.717, 1.165) is 23.4 Å². The number of likely N-dealkylation sites (N-methyl/N-ethyl adjacent to an activating group) is 1. The van der Waals surface area contributed by atoms with Gasteiger partial charge < -0.3 is 10.6 Å². The van der Waals surface area contributed by atoms with Crippen LogP contribution in [0.25, 0.3) is 5.82 Å². The van der Waals surface area contributed by atoms with Gasteiger partial charge >= 0.3 is 6.18 Å². The summed E-state index contributed by atoms with van der Waals surface area (Å²) in [6, 6.07) is 2.05. The first kappa shape index (κ1) is 16.9. The van der Waals surface area contributed by atoms with Crippen molar-refractivity contribution < 1.29 is 18.0 Å². The second kappa shape index (κ2) is 7.18. The second-order valence-electron chi connectivity index (χ2n) is 4.56. The Morgan fingerprint density at radius 2 is 2.09 bits per heavy atom. The molecular weight excluding hydrogens is 313 g/mol. The number of nitrogens with zero attached hydrogens (tertiary/aromatic N) is 4. The molecule has 0 aliphatic carbocycles. The number of aromatic nitrogens is 4. The van der Waals surface area contributed by atoms with Gasteiger partial charge in [0.25, 0.3) is 5.91 Å². The summed E-state index contributed by atoms with van der Waals surface area (Å²) >= 11 is 0. The summed E-state index contributed by atoms with van der Waals surface area (Å²) in [4.78, 5) is 15.5. The third-order valence-electron chi connectivity index (χ3n) is 2.87. The number of pyridine rings is 1. The van der Waals surface area contributed by atoms with Crippen molar-refractivity contribution in [1.29, 1.82) is 0 Å². The molecule has 0 atom stereocenters. The van der Waals surface area contributed by atoms with Crippen LogP contribution in [0.5, 0.6) is 0 Å². The minimum atomic E-state index is -4.45. The van der Waals surface area contributed by atoms with Crippen LogP contribution >= 0.6 is 0 Å². The smallest absolute Gasteiger partial charge is 0.349 e. The average Bonchev–Trinajstić information content (AvgIpc) is 3.01. The highest BCUT2D eigenvalue weighted by molar-refractivity contribution is 5.91. The molecule has 0 radical (unpaired) electrons. The van der Waals surface area contributed by atoms with Crippen molar-refractivity contribution in [2.75, 3.05) is 19.6 Å². The average molecular weight is 328 g/mol. The molecule has 124 valence electrons. The molecule has 0 saturated heterocycles. The third kappa shape index (κ3) is 4.49. The minimum absolute atomic E-state index is 0.0585. The van der Waals surface area contributed by atoms with Gasteiger partial charge in [0.1, 0.15) is 0 Å². The highest BCUT2D eigenvalue weighted by atomic mass is 19.4. The van der Waals surface area contributed by atoms with Crippen LogP contribution < -0.4 is 10.6 Å². The monoisotopic (exact) mass is 328 g/mol. The van der Waals surface area contributed by atoms with Gasteiger partial charge in [-0.2, -0.15) is 13.2 Å². The number of halogens is 3.